The molecule has 3 atom stereocenters. The first-order valence-corrected chi connectivity index (χ1v) is 11.7. The molecule has 0 saturated carbocycles. The zero-order valence-corrected chi connectivity index (χ0v) is 18.6. The summed E-state index contributed by atoms with van der Waals surface area (Å²) in [6, 6.07) is 16.2. The molecule has 6 heteroatoms. The van der Waals surface area contributed by atoms with E-state index in [1.165, 1.54) is 16.7 Å². The van der Waals surface area contributed by atoms with E-state index in [2.05, 4.69) is 28.4 Å². The number of piperidine rings is 2. The summed E-state index contributed by atoms with van der Waals surface area (Å²) < 4.78 is 5.59. The number of carbonyl (C=O) groups excluding carboxylic acids is 2. The van der Waals surface area contributed by atoms with Gasteiger partial charge in [-0.3, -0.25) is 4.79 Å². The van der Waals surface area contributed by atoms with E-state index in [9.17, 15) is 9.59 Å². The average Bonchev–Trinajstić information content (AvgIpc) is 2.84. The molecule has 3 amide bonds. The number of methoxy groups -OCH3 is 1. The van der Waals surface area contributed by atoms with E-state index in [0.29, 0.717) is 13.1 Å². The number of nitrogens with one attached hydrogen (secondary N) is 1. The first-order chi connectivity index (χ1) is 15.7. The van der Waals surface area contributed by atoms with Crippen LogP contribution >= 0.6 is 0 Å². The summed E-state index contributed by atoms with van der Waals surface area (Å²) in [5, 5.41) is 3.10. The van der Waals surface area contributed by atoms with E-state index >= 15 is 0 Å². The first-order valence-electron chi connectivity index (χ1n) is 11.7. The van der Waals surface area contributed by atoms with Crippen molar-refractivity contribution >= 4 is 11.9 Å². The zero-order chi connectivity index (χ0) is 22.1. The second-order valence-corrected chi connectivity index (χ2v) is 9.04. The fourth-order valence-corrected chi connectivity index (χ4v) is 5.82. The molecule has 0 aliphatic carbocycles. The Bertz CT molecular complexity index is 993. The predicted octanol–water partition coefficient (Wildman–Crippen LogP) is 3.56. The maximum absolute atomic E-state index is 13.5. The van der Waals surface area contributed by atoms with Crippen LogP contribution in [0.15, 0.2) is 48.5 Å². The molecule has 2 aromatic rings. The molecule has 1 N–H and O–H groups in total. The second kappa shape index (κ2) is 8.85. The van der Waals surface area contributed by atoms with Crippen molar-refractivity contribution in [2.45, 2.75) is 44.2 Å². The molecule has 0 aromatic heterocycles. The lowest BCUT2D eigenvalue weighted by Gasteiger charge is -2.51. The smallest absolute Gasteiger partial charge is 0.317 e. The minimum absolute atomic E-state index is 0.0142. The fourth-order valence-electron chi connectivity index (χ4n) is 5.82. The Morgan fingerprint density at radius 2 is 1.97 bits per heavy atom. The van der Waals surface area contributed by atoms with Crippen LogP contribution in [0, 0.1) is 5.92 Å². The van der Waals surface area contributed by atoms with Gasteiger partial charge in [-0.1, -0.05) is 42.5 Å². The van der Waals surface area contributed by atoms with Crippen LogP contribution in [0.1, 0.15) is 42.0 Å². The van der Waals surface area contributed by atoms with Crippen LogP contribution in [0.2, 0.25) is 0 Å². The van der Waals surface area contributed by atoms with Gasteiger partial charge in [0, 0.05) is 31.2 Å². The van der Waals surface area contributed by atoms with Crippen LogP contribution in [0.3, 0.4) is 0 Å². The molecule has 6 nitrogen and oxygen atoms in total. The maximum atomic E-state index is 13.5. The maximum Gasteiger partial charge on any atom is 0.317 e. The van der Waals surface area contributed by atoms with Gasteiger partial charge < -0.3 is 19.9 Å². The molecule has 168 valence electrons. The van der Waals surface area contributed by atoms with E-state index in [1.807, 2.05) is 35.2 Å². The zero-order valence-electron chi connectivity index (χ0n) is 18.6. The van der Waals surface area contributed by atoms with Gasteiger partial charge >= 0.3 is 6.03 Å². The number of rotatable bonds is 4. The SMILES string of the molecule is COc1cccc2c1CCN1C(=O)[C@@H]3CCCN(C(=O)NCCc4ccccc4)[C@@H]3C[C@@H]21. The number of carbonyl (C=O) groups is 2. The number of likely N-dealkylation sites (tertiary alicyclic amines) is 1. The molecule has 2 saturated heterocycles. The number of hydrogen-bond acceptors (Lipinski definition) is 3. The Labute approximate surface area is 189 Å². The highest BCUT2D eigenvalue weighted by atomic mass is 16.5. The summed E-state index contributed by atoms with van der Waals surface area (Å²) in [4.78, 5) is 30.6. The highest BCUT2D eigenvalue weighted by molar-refractivity contribution is 5.83. The van der Waals surface area contributed by atoms with Crippen molar-refractivity contribution in [2.24, 2.45) is 5.92 Å². The minimum Gasteiger partial charge on any atom is -0.496 e. The van der Waals surface area contributed by atoms with Crippen LogP contribution in [0.5, 0.6) is 5.75 Å². The van der Waals surface area contributed by atoms with Crippen LogP contribution in [0.4, 0.5) is 4.79 Å². The van der Waals surface area contributed by atoms with Crippen LogP contribution in [-0.4, -0.2) is 54.5 Å². The van der Waals surface area contributed by atoms with Crippen molar-refractivity contribution < 1.29 is 14.3 Å². The van der Waals surface area contributed by atoms with E-state index in [4.69, 9.17) is 4.74 Å². The summed E-state index contributed by atoms with van der Waals surface area (Å²) >= 11 is 0. The van der Waals surface area contributed by atoms with Crippen LogP contribution < -0.4 is 10.1 Å². The fraction of sp³-hybridized carbons (Fsp3) is 0.462. The van der Waals surface area contributed by atoms with Gasteiger partial charge in [0.2, 0.25) is 5.91 Å². The summed E-state index contributed by atoms with van der Waals surface area (Å²) in [7, 11) is 1.70. The largest absolute Gasteiger partial charge is 0.496 e. The number of ether oxygens (including phenoxy) is 1. The third-order valence-corrected chi connectivity index (χ3v) is 7.36. The summed E-state index contributed by atoms with van der Waals surface area (Å²) in [5.41, 5.74) is 3.59. The molecular weight excluding hydrogens is 402 g/mol. The quantitative estimate of drug-likeness (QED) is 0.802. The number of amides is 3. The second-order valence-electron chi connectivity index (χ2n) is 9.04. The van der Waals surface area contributed by atoms with Gasteiger partial charge in [-0.25, -0.2) is 4.79 Å². The van der Waals surface area contributed by atoms with Gasteiger partial charge in [0.15, 0.2) is 0 Å². The van der Waals surface area contributed by atoms with E-state index < -0.39 is 0 Å². The molecule has 3 aliphatic heterocycles. The molecule has 0 unspecified atom stereocenters. The Kier molecular flexibility index (Phi) is 5.77. The molecule has 0 bridgehead atoms. The number of benzene rings is 2. The Balaban J connectivity index is 1.33. The number of nitrogens with zero attached hydrogens (tertiary/aromatic N) is 2. The lowest BCUT2D eigenvalue weighted by Crippen LogP contribution is -2.61. The lowest BCUT2D eigenvalue weighted by atomic mass is 9.76. The van der Waals surface area contributed by atoms with Gasteiger partial charge in [-0.05, 0) is 49.3 Å². The molecule has 0 spiro atoms. The number of urea groups is 1. The van der Waals surface area contributed by atoms with Gasteiger partial charge in [0.1, 0.15) is 5.75 Å². The van der Waals surface area contributed by atoms with Crippen molar-refractivity contribution in [1.82, 2.24) is 15.1 Å². The van der Waals surface area contributed by atoms with Crippen molar-refractivity contribution in [3.8, 4) is 5.75 Å². The summed E-state index contributed by atoms with van der Waals surface area (Å²) in [6.45, 7) is 2.03. The van der Waals surface area contributed by atoms with Crippen molar-refractivity contribution in [3.05, 3.63) is 65.2 Å². The third kappa shape index (κ3) is 3.72. The Hall–Kier alpha value is -3.02. The van der Waals surface area contributed by atoms with Crippen molar-refractivity contribution in [1.29, 1.82) is 0 Å². The standard InChI is InChI=1S/C26H31N3O3/c1-32-24-11-5-9-19-20(24)13-16-28-22(19)17-23-21(25(28)30)10-6-15-29(23)26(31)27-14-12-18-7-3-2-4-8-18/h2-5,7-9,11,21-23H,6,10,12-17H2,1H3,(H,27,31)/t21-,22+,23-/m1/s1. The third-order valence-electron chi connectivity index (χ3n) is 7.36. The highest BCUT2D eigenvalue weighted by Crippen LogP contribution is 2.45. The molecule has 3 heterocycles. The molecule has 2 fully saturated rings. The van der Waals surface area contributed by atoms with Crippen LogP contribution in [-0.2, 0) is 17.6 Å². The number of hydrogen-bond donors (Lipinski definition) is 1. The molecule has 0 radical (unpaired) electrons. The summed E-state index contributed by atoms with van der Waals surface area (Å²) in [6.07, 6.45) is 4.16. The molecule has 3 aliphatic rings. The van der Waals surface area contributed by atoms with Crippen LogP contribution in [0.25, 0.3) is 0 Å². The van der Waals surface area contributed by atoms with Crippen molar-refractivity contribution in [3.63, 3.8) is 0 Å². The van der Waals surface area contributed by atoms with Gasteiger partial charge in [-0.15, -0.1) is 0 Å². The monoisotopic (exact) mass is 433 g/mol. The number of fused-ring (bicyclic) bond motifs is 4. The molecule has 5 rings (SSSR count). The highest BCUT2D eigenvalue weighted by Gasteiger charge is 2.48. The van der Waals surface area contributed by atoms with E-state index in [0.717, 1.165) is 44.4 Å². The molecular formula is C26H31N3O3. The normalized spacial score (nSPS) is 24.3. The first kappa shape index (κ1) is 20.9. The van der Waals surface area contributed by atoms with E-state index in [1.54, 1.807) is 7.11 Å². The summed E-state index contributed by atoms with van der Waals surface area (Å²) in [5.74, 6) is 1.02. The van der Waals surface area contributed by atoms with Gasteiger partial charge in [-0.2, -0.15) is 0 Å². The van der Waals surface area contributed by atoms with Gasteiger partial charge in [0.05, 0.1) is 19.1 Å². The topological polar surface area (TPSA) is 61.9 Å². The minimum atomic E-state index is -0.0907. The average molecular weight is 434 g/mol. The molecule has 2 aromatic carbocycles. The van der Waals surface area contributed by atoms with Crippen molar-refractivity contribution in [2.75, 3.05) is 26.7 Å². The Morgan fingerprint density at radius 1 is 1.12 bits per heavy atom. The molecule has 32 heavy (non-hydrogen) atoms. The lowest BCUT2D eigenvalue weighted by molar-refractivity contribution is -0.148. The van der Waals surface area contributed by atoms with E-state index in [-0.39, 0.29) is 29.9 Å². The predicted molar refractivity (Wildman–Crippen MR) is 123 cm³/mol. The van der Waals surface area contributed by atoms with Gasteiger partial charge in [0.25, 0.3) is 0 Å². The Morgan fingerprint density at radius 3 is 2.78 bits per heavy atom.